The van der Waals surface area contributed by atoms with Gasteiger partial charge < -0.3 is 4.57 Å². The van der Waals surface area contributed by atoms with Gasteiger partial charge in [-0.3, -0.25) is 0 Å². The second-order valence-corrected chi connectivity index (χ2v) is 18.6. The number of hydrogen-bond donors (Lipinski definition) is 0. The summed E-state index contributed by atoms with van der Waals surface area (Å²) < 4.78 is 26.5. The van der Waals surface area contributed by atoms with Gasteiger partial charge >= 0.3 is 0 Å². The molecule has 0 spiro atoms. The molecule has 3 heterocycles. The molecule has 0 atom stereocenters. The van der Waals surface area contributed by atoms with E-state index < -0.39 is 15.0 Å². The summed E-state index contributed by atoms with van der Waals surface area (Å²) >= 11 is 0. The van der Waals surface area contributed by atoms with Crippen LogP contribution in [0.1, 0.15) is 54.8 Å². The second kappa shape index (κ2) is 13.6. The first kappa shape index (κ1) is 31.3. The van der Waals surface area contributed by atoms with Gasteiger partial charge in [0.15, 0.2) is 0 Å². The molecule has 0 radical (unpaired) electrons. The van der Waals surface area contributed by atoms with Crippen molar-refractivity contribution in [3.63, 3.8) is 0 Å². The number of pyridine rings is 1. The number of hydrogen-bond acceptors (Lipinski definition) is 3. The Labute approximate surface area is 320 Å². The molecule has 0 bridgehead atoms. The summed E-state index contributed by atoms with van der Waals surface area (Å²) in [6, 6.07) is 45.1. The predicted molar refractivity (Wildman–Crippen MR) is 212 cm³/mol. The summed E-state index contributed by atoms with van der Waals surface area (Å²) in [6.45, 7) is 11.3. The zero-order chi connectivity index (χ0) is 37.2. The van der Waals surface area contributed by atoms with Gasteiger partial charge in [0, 0.05) is 38.5 Å². The number of nitrogens with zero attached hydrogens (tertiary/aromatic N) is 4. The number of anilines is 3. The Morgan fingerprint density at radius 3 is 2.16 bits per heavy atom. The summed E-state index contributed by atoms with van der Waals surface area (Å²) in [7, 11) is -2.41. The van der Waals surface area contributed by atoms with Crippen molar-refractivity contribution in [3.05, 3.63) is 139 Å². The van der Waals surface area contributed by atoms with Crippen LogP contribution in [0.3, 0.4) is 0 Å². The van der Waals surface area contributed by atoms with E-state index in [-0.39, 0.29) is 21.1 Å². The van der Waals surface area contributed by atoms with E-state index >= 15 is 0 Å². The minimum atomic E-state index is -2.41. The van der Waals surface area contributed by atoms with Crippen molar-refractivity contribution in [2.24, 2.45) is 0 Å². The normalized spacial score (nSPS) is 14.2. The SMILES string of the molecule is [2H]C([2H])([2H])N1[OH+]N(c2[c-]c([Si](C)(C)c3[c-]c4c(cc3)c3ccccc3n4-c3cc(-c4c(C(C)C)cccc4C(C)C)ccn3)ccc2)c2ccccc21.[Pt]. The van der Waals surface area contributed by atoms with Crippen molar-refractivity contribution in [3.8, 4) is 16.9 Å². The minimum absolute atomic E-state index is 0. The van der Waals surface area contributed by atoms with Crippen LogP contribution in [0.2, 0.25) is 13.1 Å². The predicted octanol–water partition coefficient (Wildman–Crippen LogP) is 9.94. The largest absolute Gasteiger partial charge is 0.319 e. The molecule has 0 saturated heterocycles. The van der Waals surface area contributed by atoms with Crippen LogP contribution in [-0.2, 0) is 21.1 Å². The molecule has 7 aromatic rings. The molecule has 2 aromatic heterocycles. The van der Waals surface area contributed by atoms with Crippen LogP contribution >= 0.6 is 0 Å². The Morgan fingerprint density at radius 1 is 0.725 bits per heavy atom. The van der Waals surface area contributed by atoms with Gasteiger partial charge in [-0.05, 0) is 69.8 Å². The third-order valence-corrected chi connectivity index (χ3v) is 13.4. The van der Waals surface area contributed by atoms with E-state index in [0.717, 1.165) is 48.6 Å². The van der Waals surface area contributed by atoms with Crippen molar-refractivity contribution < 1.29 is 30.1 Å². The van der Waals surface area contributed by atoms with Crippen LogP contribution < -0.4 is 20.5 Å². The monoisotopic (exact) mass is 869 g/mol. The maximum Gasteiger partial charge on any atom is 0.145 e. The Morgan fingerprint density at radius 2 is 1.41 bits per heavy atom. The molecule has 8 rings (SSSR count). The summed E-state index contributed by atoms with van der Waals surface area (Å²) in [5, 5.41) is 7.28. The Balaban J connectivity index is 0.00000450. The fourth-order valence-electron chi connectivity index (χ4n) is 7.35. The standard InChI is InChI=1S/C44H42N4OSi.Pt/c1-29(2)35-17-13-18-36(30(3)4)44(35)31-24-25-45-43(26-31)47-39-19-9-8-16-37(39)38-23-22-34(28-42(38)47)50(6,7)33-15-12-14-32(27-33)48-41-21-11-10-20-40(41)46(5)49-48;/h8-26,29-30H,1-7H3;/q-2;/p+1/i5D3;. The van der Waals surface area contributed by atoms with E-state index in [1.165, 1.54) is 16.7 Å². The first-order valence-electron chi connectivity index (χ1n) is 18.8. The first-order valence-corrected chi connectivity index (χ1v) is 20.3. The maximum atomic E-state index is 8.08. The molecule has 0 aliphatic carbocycles. The number of rotatable bonds is 7. The molecule has 0 fully saturated rings. The summed E-state index contributed by atoms with van der Waals surface area (Å²) in [6.07, 6.45) is 1.93. The smallest absolute Gasteiger partial charge is 0.145 e. The number of para-hydroxylation sites is 3. The molecule has 0 unspecified atom stereocenters. The van der Waals surface area contributed by atoms with Crippen LogP contribution in [-0.4, -0.2) is 29.5 Å². The van der Waals surface area contributed by atoms with Gasteiger partial charge in [0.1, 0.15) is 17.2 Å². The van der Waals surface area contributed by atoms with Crippen molar-refractivity contribution >= 4 is 57.3 Å². The van der Waals surface area contributed by atoms with Gasteiger partial charge in [-0.1, -0.05) is 94.8 Å². The molecule has 5 nitrogen and oxygen atoms in total. The molecule has 1 aliphatic rings. The Hall–Kier alpha value is -4.48. The average molecular weight is 870 g/mol. The minimum Gasteiger partial charge on any atom is -0.319 e. The molecule has 7 heteroatoms. The molecule has 1 aliphatic heterocycles. The van der Waals surface area contributed by atoms with Crippen LogP contribution in [0.5, 0.6) is 0 Å². The van der Waals surface area contributed by atoms with Crippen molar-refractivity contribution in [2.75, 3.05) is 17.1 Å². The van der Waals surface area contributed by atoms with E-state index in [0.29, 0.717) is 28.9 Å². The molecule has 5 aromatic carbocycles. The number of benzene rings is 5. The Kier molecular flexibility index (Phi) is 8.32. The van der Waals surface area contributed by atoms with Gasteiger partial charge in [0.2, 0.25) is 0 Å². The fourth-order valence-corrected chi connectivity index (χ4v) is 9.53. The van der Waals surface area contributed by atoms with Gasteiger partial charge in [-0.2, -0.15) is 51.7 Å². The summed E-state index contributed by atoms with van der Waals surface area (Å²) in [5.74, 6) is 1.61. The topological polar surface area (TPSA) is 37.1 Å². The van der Waals surface area contributed by atoms with E-state index in [2.05, 4.69) is 135 Å². The van der Waals surface area contributed by atoms with E-state index in [1.54, 1.807) is 11.1 Å². The van der Waals surface area contributed by atoms with E-state index in [9.17, 15) is 0 Å². The molecule has 260 valence electrons. The van der Waals surface area contributed by atoms with Crippen molar-refractivity contribution in [1.29, 1.82) is 0 Å². The van der Waals surface area contributed by atoms with Crippen LogP contribution in [0.25, 0.3) is 38.8 Å². The van der Waals surface area contributed by atoms with Gasteiger partial charge in [0.05, 0.1) is 19.2 Å². The summed E-state index contributed by atoms with van der Waals surface area (Å²) in [4.78, 5) is 9.53. The molecule has 0 saturated carbocycles. The van der Waals surface area contributed by atoms with Crippen molar-refractivity contribution in [2.45, 2.75) is 52.6 Å². The second-order valence-electron chi connectivity index (χ2n) is 14.3. The van der Waals surface area contributed by atoms with E-state index in [1.807, 2.05) is 36.5 Å². The van der Waals surface area contributed by atoms with Crippen molar-refractivity contribution in [1.82, 2.24) is 9.55 Å². The maximum absolute atomic E-state index is 8.08. The number of aromatic nitrogens is 2. The van der Waals surface area contributed by atoms with Crippen LogP contribution in [0.15, 0.2) is 115 Å². The third kappa shape index (κ3) is 5.93. The molecular formula is C44H43N4OPtSi-. The third-order valence-electron chi connectivity index (χ3n) is 10.1. The van der Waals surface area contributed by atoms with E-state index in [4.69, 9.17) is 9.10 Å². The Bertz CT molecular complexity index is 2480. The average Bonchev–Trinajstić information content (AvgIpc) is 3.71. The molecule has 0 amide bonds. The zero-order valence-corrected chi connectivity index (χ0v) is 32.9. The zero-order valence-electron chi connectivity index (χ0n) is 32.7. The van der Waals surface area contributed by atoms with Gasteiger partial charge in [-0.25, -0.2) is 4.98 Å². The van der Waals surface area contributed by atoms with Gasteiger partial charge in [0.25, 0.3) is 0 Å². The van der Waals surface area contributed by atoms with Crippen LogP contribution in [0, 0.1) is 12.1 Å². The quantitative estimate of drug-likeness (QED) is 0.0910. The number of fused-ring (bicyclic) bond motifs is 4. The first-order chi connectivity index (χ1) is 25.3. The summed E-state index contributed by atoms with van der Waals surface area (Å²) in [5.41, 5.74) is 9.16. The molecule has 1 N–H and O–H groups in total. The van der Waals surface area contributed by atoms with Gasteiger partial charge in [-0.15, -0.1) is 21.6 Å². The van der Waals surface area contributed by atoms with Crippen LogP contribution in [0.4, 0.5) is 17.1 Å². The molecule has 51 heavy (non-hydrogen) atoms. The number of hydroxylamine groups is 1. The fraction of sp³-hybridized carbons (Fsp3) is 0.205. The molecular weight excluding hydrogens is 824 g/mol.